The molecule has 1 aromatic rings. The van der Waals surface area contributed by atoms with Crippen LogP contribution in [0.25, 0.3) is 0 Å². The zero-order valence-electron chi connectivity index (χ0n) is 14.2. The number of carbonyl (C=O) groups excluding carboxylic acids is 1. The minimum Gasteiger partial charge on any atom is -0.545 e. The van der Waals surface area contributed by atoms with Crippen molar-refractivity contribution in [1.29, 1.82) is 0 Å². The normalized spacial score (nSPS) is 28.8. The third-order valence-corrected chi connectivity index (χ3v) is 5.75. The number of benzene rings is 1. The molecule has 0 amide bonds. The van der Waals surface area contributed by atoms with E-state index in [1.807, 2.05) is 0 Å². The van der Waals surface area contributed by atoms with Crippen LogP contribution in [0.15, 0.2) is 18.2 Å². The number of ether oxygens (including phenoxy) is 1. The molecule has 0 N–H and O–H groups in total. The fourth-order valence-corrected chi connectivity index (χ4v) is 4.55. The summed E-state index contributed by atoms with van der Waals surface area (Å²) < 4.78 is 6.31. The minimum atomic E-state index is -1.37. The van der Waals surface area contributed by atoms with Crippen molar-refractivity contribution in [2.75, 3.05) is 0 Å². The topological polar surface area (TPSA) is 92.5 Å². The van der Waals surface area contributed by atoms with Gasteiger partial charge in [-0.25, -0.2) is 0 Å². The maximum absolute atomic E-state index is 11.4. The quantitative estimate of drug-likeness (QED) is 0.624. The summed E-state index contributed by atoms with van der Waals surface area (Å²) in [4.78, 5) is 22.0. The van der Waals surface area contributed by atoms with Gasteiger partial charge in [-0.15, -0.1) is 0 Å². The van der Waals surface area contributed by atoms with Crippen molar-refractivity contribution >= 4 is 11.7 Å². The van der Waals surface area contributed by atoms with Gasteiger partial charge in [0.2, 0.25) is 0 Å². The van der Waals surface area contributed by atoms with E-state index in [0.29, 0.717) is 11.8 Å². The van der Waals surface area contributed by atoms with Gasteiger partial charge in [0.15, 0.2) is 5.75 Å². The van der Waals surface area contributed by atoms with Crippen LogP contribution in [0.1, 0.15) is 56.8 Å². The number of rotatable bonds is 4. The summed E-state index contributed by atoms with van der Waals surface area (Å²) >= 11 is 0. The van der Waals surface area contributed by atoms with E-state index in [0.717, 1.165) is 19.3 Å². The third kappa shape index (κ3) is 2.54. The van der Waals surface area contributed by atoms with Gasteiger partial charge in [-0.2, -0.15) is 0 Å². The molecule has 3 rings (SSSR count). The number of hydrogen-bond acceptors (Lipinski definition) is 5. The lowest BCUT2D eigenvalue weighted by Gasteiger charge is -2.47. The molecule has 0 saturated heterocycles. The van der Waals surface area contributed by atoms with Crippen molar-refractivity contribution in [2.45, 2.75) is 52.1 Å². The van der Waals surface area contributed by atoms with E-state index in [9.17, 15) is 20.0 Å². The average Bonchev–Trinajstić information content (AvgIpc) is 3.07. The molecule has 6 heteroatoms. The molecule has 0 aromatic heterocycles. The summed E-state index contributed by atoms with van der Waals surface area (Å²) in [6.07, 6.45) is 4.15. The molecular weight excluding hydrogens is 310 g/mol. The van der Waals surface area contributed by atoms with Gasteiger partial charge in [0.1, 0.15) is 5.60 Å². The van der Waals surface area contributed by atoms with Crippen LogP contribution in [0.3, 0.4) is 0 Å². The lowest BCUT2D eigenvalue weighted by molar-refractivity contribution is -0.386. The van der Waals surface area contributed by atoms with Crippen molar-refractivity contribution in [2.24, 2.45) is 17.3 Å². The van der Waals surface area contributed by atoms with Crippen LogP contribution in [0.4, 0.5) is 5.69 Å². The van der Waals surface area contributed by atoms with E-state index in [2.05, 4.69) is 20.8 Å². The second-order valence-corrected chi connectivity index (χ2v) is 8.05. The van der Waals surface area contributed by atoms with E-state index in [-0.39, 0.29) is 22.4 Å². The molecule has 3 unspecified atom stereocenters. The van der Waals surface area contributed by atoms with Crippen molar-refractivity contribution in [1.82, 2.24) is 0 Å². The largest absolute Gasteiger partial charge is 0.545 e. The van der Waals surface area contributed by atoms with Gasteiger partial charge >= 0.3 is 5.69 Å². The minimum absolute atomic E-state index is 0.0316. The first-order valence-electron chi connectivity index (χ1n) is 8.33. The first-order valence-corrected chi connectivity index (χ1v) is 8.33. The molecule has 2 bridgehead atoms. The monoisotopic (exact) mass is 332 g/mol. The number of carboxylic acids is 1. The number of carboxylic acid groups (broad SMARTS) is 1. The second-order valence-electron chi connectivity index (χ2n) is 8.05. The van der Waals surface area contributed by atoms with Crippen molar-refractivity contribution in [3.05, 3.63) is 33.9 Å². The molecule has 1 aromatic carbocycles. The summed E-state index contributed by atoms with van der Waals surface area (Å²) in [6.45, 7) is 6.26. The lowest BCUT2D eigenvalue weighted by Crippen LogP contribution is -2.52. The highest BCUT2D eigenvalue weighted by Gasteiger charge is 2.59. The maximum Gasteiger partial charge on any atom is 0.310 e. The predicted octanol–water partition coefficient (Wildman–Crippen LogP) is 2.94. The van der Waals surface area contributed by atoms with Crippen LogP contribution < -0.4 is 9.84 Å². The highest BCUT2D eigenvalue weighted by Crippen LogP contribution is 2.59. The van der Waals surface area contributed by atoms with E-state index in [1.54, 1.807) is 0 Å². The number of nitro benzene ring substituents is 1. The SMILES string of the molecule is CC(C)(C)C1(Oc2cc(C(=O)[O-])ccc2[N+](=O)[O-])CC2CCC1C2. The zero-order valence-corrected chi connectivity index (χ0v) is 14.2. The number of nitrogens with zero attached hydrogens (tertiary/aromatic N) is 1. The van der Waals surface area contributed by atoms with E-state index < -0.39 is 16.5 Å². The van der Waals surface area contributed by atoms with Crippen LogP contribution in [0, 0.1) is 27.4 Å². The van der Waals surface area contributed by atoms with Gasteiger partial charge in [-0.05, 0) is 49.7 Å². The third-order valence-electron chi connectivity index (χ3n) is 5.75. The Hall–Kier alpha value is -2.11. The zero-order chi connectivity index (χ0) is 17.7. The van der Waals surface area contributed by atoms with E-state index in [4.69, 9.17) is 4.74 Å². The van der Waals surface area contributed by atoms with E-state index in [1.165, 1.54) is 24.6 Å². The first kappa shape index (κ1) is 16.7. The standard InChI is InChI=1S/C18H23NO5/c1-17(2,3)18(10-11-4-6-13(18)8-11)24-15-9-12(16(20)21)5-7-14(15)19(22)23/h5,7,9,11,13H,4,6,8,10H2,1-3H3,(H,20,21)/p-1. The average molecular weight is 332 g/mol. The van der Waals surface area contributed by atoms with Gasteiger partial charge in [0, 0.05) is 17.0 Å². The number of fused-ring (bicyclic) bond motifs is 2. The fourth-order valence-electron chi connectivity index (χ4n) is 4.55. The second kappa shape index (κ2) is 5.46. The molecule has 0 spiro atoms. The molecule has 24 heavy (non-hydrogen) atoms. The van der Waals surface area contributed by atoms with Crippen LogP contribution >= 0.6 is 0 Å². The van der Waals surface area contributed by atoms with Gasteiger partial charge in [0.05, 0.1) is 10.9 Å². The van der Waals surface area contributed by atoms with Gasteiger partial charge in [0.25, 0.3) is 0 Å². The first-order chi connectivity index (χ1) is 11.1. The smallest absolute Gasteiger partial charge is 0.310 e. The molecule has 2 aliphatic rings. The molecule has 130 valence electrons. The Morgan fingerprint density at radius 2 is 2.04 bits per heavy atom. The summed E-state index contributed by atoms with van der Waals surface area (Å²) in [7, 11) is 0. The van der Waals surface area contributed by atoms with Crippen molar-refractivity contribution in [3.63, 3.8) is 0 Å². The van der Waals surface area contributed by atoms with Crippen molar-refractivity contribution in [3.8, 4) is 5.75 Å². The summed E-state index contributed by atoms with van der Waals surface area (Å²) in [5, 5.41) is 22.5. The molecule has 3 atom stereocenters. The Balaban J connectivity index is 2.06. The molecule has 2 aliphatic carbocycles. The Morgan fingerprint density at radius 3 is 2.50 bits per heavy atom. The van der Waals surface area contributed by atoms with Gasteiger partial charge in [-0.3, -0.25) is 10.1 Å². The molecule has 0 heterocycles. The van der Waals surface area contributed by atoms with Crippen molar-refractivity contribution < 1.29 is 19.6 Å². The molecular formula is C18H22NO5-. The molecule has 2 saturated carbocycles. The van der Waals surface area contributed by atoms with Gasteiger partial charge in [-0.1, -0.05) is 20.8 Å². The van der Waals surface area contributed by atoms with E-state index >= 15 is 0 Å². The Labute approximate surface area is 141 Å². The predicted molar refractivity (Wildman–Crippen MR) is 85.7 cm³/mol. The summed E-state index contributed by atoms with van der Waals surface area (Å²) in [6, 6.07) is 3.60. The number of aromatic carboxylic acids is 1. The summed E-state index contributed by atoms with van der Waals surface area (Å²) in [5.41, 5.74) is -1.03. The van der Waals surface area contributed by atoms with Crippen LogP contribution in [-0.4, -0.2) is 16.5 Å². The molecule has 6 nitrogen and oxygen atoms in total. The van der Waals surface area contributed by atoms with Gasteiger partial charge < -0.3 is 14.6 Å². The van der Waals surface area contributed by atoms with Crippen LogP contribution in [0.2, 0.25) is 0 Å². The Bertz CT molecular complexity index is 693. The Morgan fingerprint density at radius 1 is 1.33 bits per heavy atom. The maximum atomic E-state index is 11.4. The van der Waals surface area contributed by atoms with Crippen LogP contribution in [0.5, 0.6) is 5.75 Å². The highest BCUT2D eigenvalue weighted by molar-refractivity contribution is 5.87. The molecule has 2 fully saturated rings. The van der Waals surface area contributed by atoms with Crippen LogP contribution in [-0.2, 0) is 0 Å². The number of carbonyl (C=O) groups is 1. The fraction of sp³-hybridized carbons (Fsp3) is 0.611. The molecule has 0 radical (unpaired) electrons. The lowest BCUT2D eigenvalue weighted by atomic mass is 9.67. The molecule has 0 aliphatic heterocycles. The number of nitro groups is 1. The number of hydrogen-bond donors (Lipinski definition) is 0. The highest BCUT2D eigenvalue weighted by atomic mass is 16.6. The summed E-state index contributed by atoms with van der Waals surface area (Å²) in [5.74, 6) is -0.414. The Kier molecular flexibility index (Phi) is 3.81.